The molecule has 6 rings (SSSR count). The van der Waals surface area contributed by atoms with Crippen LogP contribution in [-0.4, -0.2) is 20.1 Å². The van der Waals surface area contributed by atoms with E-state index in [9.17, 15) is 22.4 Å². The quantitative estimate of drug-likeness (QED) is 0.538. The van der Waals surface area contributed by atoms with Gasteiger partial charge >= 0.3 is 11.9 Å². The Morgan fingerprint density at radius 1 is 1.15 bits per heavy atom. The Bertz CT molecular complexity index is 1380. The van der Waals surface area contributed by atoms with Gasteiger partial charge in [0.15, 0.2) is 11.6 Å². The fourth-order valence-corrected chi connectivity index (χ4v) is 4.18. The molecule has 1 spiro atoms. The number of alkyl halides is 3. The molecule has 3 aliphatic rings. The maximum absolute atomic E-state index is 14.5. The van der Waals surface area contributed by atoms with Crippen molar-refractivity contribution in [3.63, 3.8) is 0 Å². The summed E-state index contributed by atoms with van der Waals surface area (Å²) in [5.74, 6) is -0.0738. The highest BCUT2D eigenvalue weighted by atomic mass is 19.4. The normalized spacial score (nSPS) is 19.8. The summed E-state index contributed by atoms with van der Waals surface area (Å²) in [6, 6.07) is 7.55. The van der Waals surface area contributed by atoms with Gasteiger partial charge in [-0.25, -0.2) is 14.2 Å². The molecule has 1 aromatic carbocycles. The van der Waals surface area contributed by atoms with E-state index in [-0.39, 0.29) is 29.5 Å². The van der Waals surface area contributed by atoms with Gasteiger partial charge in [0.1, 0.15) is 23.9 Å². The van der Waals surface area contributed by atoms with E-state index in [4.69, 9.17) is 9.47 Å². The Hall–Kier alpha value is -3.89. The fourth-order valence-electron chi connectivity index (χ4n) is 4.18. The summed E-state index contributed by atoms with van der Waals surface area (Å²) in [5.41, 5.74) is 0.288. The summed E-state index contributed by atoms with van der Waals surface area (Å²) in [5, 5.41) is 0. The van der Waals surface area contributed by atoms with E-state index in [1.165, 1.54) is 17.7 Å². The smallest absolute Gasteiger partial charge is 0.433 e. The molecule has 2 aliphatic heterocycles. The minimum absolute atomic E-state index is 0.0337. The predicted molar refractivity (Wildman–Crippen MR) is 106 cm³/mol. The third-order valence-electron chi connectivity index (χ3n) is 5.97. The molecule has 0 N–H and O–H groups in total. The van der Waals surface area contributed by atoms with Crippen LogP contribution in [0, 0.1) is 5.82 Å². The first-order valence-corrected chi connectivity index (χ1v) is 9.98. The van der Waals surface area contributed by atoms with Crippen LogP contribution in [0.15, 0.2) is 59.2 Å². The summed E-state index contributed by atoms with van der Waals surface area (Å²) >= 11 is 0. The van der Waals surface area contributed by atoms with Crippen molar-refractivity contribution in [1.82, 2.24) is 14.5 Å². The lowest BCUT2D eigenvalue weighted by Crippen LogP contribution is -2.35. The van der Waals surface area contributed by atoms with Crippen molar-refractivity contribution in [3.8, 4) is 17.4 Å². The van der Waals surface area contributed by atoms with Crippen LogP contribution in [0.4, 0.5) is 23.4 Å². The minimum atomic E-state index is -4.57. The maximum atomic E-state index is 14.5. The first-order chi connectivity index (χ1) is 15.7. The molecule has 4 heterocycles. The van der Waals surface area contributed by atoms with E-state index in [0.29, 0.717) is 12.1 Å². The van der Waals surface area contributed by atoms with E-state index in [1.807, 2.05) is 6.20 Å². The maximum Gasteiger partial charge on any atom is 0.433 e. The van der Waals surface area contributed by atoms with Crippen molar-refractivity contribution in [2.75, 3.05) is 4.90 Å². The SMILES string of the molecule is O=c1nc(OCc2ccc(Oc3ccc(C(F)(F)F)nc3)c(F)c2)cc2n1CC13CC1=CN23. The third kappa shape index (κ3) is 3.14. The summed E-state index contributed by atoms with van der Waals surface area (Å²) < 4.78 is 64.8. The number of hydrogen-bond donors (Lipinski definition) is 0. The second-order valence-electron chi connectivity index (χ2n) is 8.09. The second kappa shape index (κ2) is 6.56. The van der Waals surface area contributed by atoms with Crippen LogP contribution in [0.5, 0.6) is 17.4 Å². The van der Waals surface area contributed by atoms with Crippen molar-refractivity contribution >= 4 is 5.82 Å². The molecule has 2 aromatic heterocycles. The second-order valence-corrected chi connectivity index (χ2v) is 8.09. The topological polar surface area (TPSA) is 69.5 Å². The van der Waals surface area contributed by atoms with Crippen molar-refractivity contribution in [1.29, 1.82) is 0 Å². The highest BCUT2D eigenvalue weighted by molar-refractivity contribution is 5.71. The molecule has 1 fully saturated rings. The van der Waals surface area contributed by atoms with Crippen molar-refractivity contribution in [3.05, 3.63) is 81.9 Å². The average Bonchev–Trinajstić information content (AvgIpc) is 3.21. The zero-order valence-electron chi connectivity index (χ0n) is 16.8. The molecule has 0 bridgehead atoms. The van der Waals surface area contributed by atoms with Gasteiger partial charge in [-0.3, -0.25) is 4.57 Å². The lowest BCUT2D eigenvalue weighted by molar-refractivity contribution is -0.141. The van der Waals surface area contributed by atoms with Gasteiger partial charge in [0.25, 0.3) is 0 Å². The number of anilines is 1. The van der Waals surface area contributed by atoms with Gasteiger partial charge in [-0.2, -0.15) is 18.2 Å². The zero-order valence-corrected chi connectivity index (χ0v) is 16.8. The van der Waals surface area contributed by atoms with Gasteiger partial charge < -0.3 is 14.4 Å². The average molecular weight is 458 g/mol. The number of halogens is 4. The highest BCUT2D eigenvalue weighted by Gasteiger charge is 2.64. The monoisotopic (exact) mass is 458 g/mol. The van der Waals surface area contributed by atoms with Gasteiger partial charge in [0, 0.05) is 18.7 Å². The van der Waals surface area contributed by atoms with Crippen LogP contribution in [0.1, 0.15) is 17.7 Å². The van der Waals surface area contributed by atoms with E-state index < -0.39 is 23.4 Å². The molecule has 0 saturated heterocycles. The van der Waals surface area contributed by atoms with Crippen LogP contribution in [0.3, 0.4) is 0 Å². The van der Waals surface area contributed by atoms with E-state index in [1.54, 1.807) is 16.7 Å². The van der Waals surface area contributed by atoms with Gasteiger partial charge in [0.2, 0.25) is 5.88 Å². The summed E-state index contributed by atoms with van der Waals surface area (Å²) in [6.45, 7) is 0.558. The Morgan fingerprint density at radius 3 is 2.67 bits per heavy atom. The van der Waals surface area contributed by atoms with Gasteiger partial charge in [-0.05, 0) is 35.4 Å². The third-order valence-corrected chi connectivity index (χ3v) is 5.97. The Kier molecular flexibility index (Phi) is 3.93. The van der Waals surface area contributed by atoms with E-state index >= 15 is 0 Å². The molecule has 33 heavy (non-hydrogen) atoms. The molecule has 1 saturated carbocycles. The van der Waals surface area contributed by atoms with Crippen LogP contribution < -0.4 is 20.1 Å². The molecule has 1 aliphatic carbocycles. The van der Waals surface area contributed by atoms with Crippen molar-refractivity contribution < 1.29 is 27.0 Å². The molecule has 3 aromatic rings. The first-order valence-electron chi connectivity index (χ1n) is 9.98. The predicted octanol–water partition coefficient (Wildman–Crippen LogP) is 4.03. The number of pyridine rings is 1. The fraction of sp³-hybridized carbons (Fsp3) is 0.227. The Morgan fingerprint density at radius 2 is 2.00 bits per heavy atom. The highest BCUT2D eigenvalue weighted by Crippen LogP contribution is 2.61. The Balaban J connectivity index is 1.14. The van der Waals surface area contributed by atoms with E-state index in [2.05, 4.69) is 14.9 Å². The van der Waals surface area contributed by atoms with Gasteiger partial charge in [-0.1, -0.05) is 6.07 Å². The lowest BCUT2D eigenvalue weighted by atomic mass is 10.2. The number of nitrogens with zero attached hydrogens (tertiary/aromatic N) is 4. The number of fused-ring (bicyclic) bond motifs is 2. The molecule has 1 atom stereocenters. The minimum Gasteiger partial charge on any atom is -0.473 e. The first kappa shape index (κ1) is 19.8. The summed E-state index contributed by atoms with van der Waals surface area (Å²) in [6.07, 6.45) is -0.721. The zero-order chi connectivity index (χ0) is 23.0. The molecule has 7 nitrogen and oxygen atoms in total. The lowest BCUT2D eigenvalue weighted by Gasteiger charge is -2.27. The van der Waals surface area contributed by atoms with Crippen LogP contribution in [0.25, 0.3) is 0 Å². The number of rotatable bonds is 5. The molecule has 11 heteroatoms. The molecular formula is C22H14F4N4O3. The standard InChI is InChI=1S/C22H14F4N4O3/c23-15-5-12(1-3-16(15)33-14-2-4-17(27-8-14)22(24,25)26)10-32-18-6-19-29(20(31)28-18)11-21-7-13(21)9-30(19)21/h1-6,8-9H,7,10-11H2. The van der Waals surface area contributed by atoms with Gasteiger partial charge in [0.05, 0.1) is 18.3 Å². The van der Waals surface area contributed by atoms with E-state index in [0.717, 1.165) is 30.6 Å². The van der Waals surface area contributed by atoms with Crippen LogP contribution in [-0.2, 0) is 19.3 Å². The van der Waals surface area contributed by atoms with Crippen molar-refractivity contribution in [2.24, 2.45) is 0 Å². The number of ether oxygens (including phenoxy) is 2. The molecule has 0 radical (unpaired) electrons. The molecule has 1 unspecified atom stereocenters. The molecule has 0 amide bonds. The number of benzene rings is 1. The molecular weight excluding hydrogens is 444 g/mol. The largest absolute Gasteiger partial charge is 0.473 e. The summed E-state index contributed by atoms with van der Waals surface area (Å²) in [7, 11) is 0. The number of aromatic nitrogens is 3. The Labute approximate surface area is 183 Å². The van der Waals surface area contributed by atoms with Gasteiger partial charge in [-0.15, -0.1) is 0 Å². The van der Waals surface area contributed by atoms with Crippen molar-refractivity contribution in [2.45, 2.75) is 31.3 Å². The van der Waals surface area contributed by atoms with Crippen LogP contribution in [0.2, 0.25) is 0 Å². The molecule has 168 valence electrons. The van der Waals surface area contributed by atoms with Crippen LogP contribution >= 0.6 is 0 Å². The number of hydrogen-bond acceptors (Lipinski definition) is 6. The summed E-state index contributed by atoms with van der Waals surface area (Å²) in [4.78, 5) is 21.6.